The first kappa shape index (κ1) is 124. The number of methoxy groups -OCH3 is 2. The SMILES string of the molecule is COC(=O)CC1CCC(c2ccc(-c3ccc(-c4nc(C)n(COCC[Si](C)(C)C)n4)cn3)cc2)CC1.COC(=O)CC1CCC(c2ccc(-c3ccc(-c4nc(C)nn4COCC[Si](C)(C)C)cn3)cc2)CC1.Cc1nc(-c2ccc(-c3ccc(C4CCC(CC(=O)O)CC4)cc3)nc2)n(COCC[Si](C)(C)C)n1.Cc1nc(-c2ccc(-c3ccc(C4CCC(CC(=O)O)CC4)cc3)nc2)nn1COCC[Si](C)(C)C.[Na+].[Na+].[OH-].[OH-]. The van der Waals surface area contributed by atoms with E-state index in [2.05, 4.69) is 227 Å². The van der Waals surface area contributed by atoms with Crippen molar-refractivity contribution in [1.82, 2.24) is 79.0 Å². The Hall–Kier alpha value is -9.45. The zero-order chi connectivity index (χ0) is 104. The van der Waals surface area contributed by atoms with Gasteiger partial charge < -0.3 is 49.6 Å². The van der Waals surface area contributed by atoms with Crippen molar-refractivity contribution in [3.05, 3.63) is 216 Å². The fourth-order valence-corrected chi connectivity index (χ4v) is 22.4. The number of rotatable bonds is 40. The Bertz CT molecular complexity index is 6130. The van der Waals surface area contributed by atoms with Gasteiger partial charge in [0.05, 0.1) is 37.0 Å². The molecule has 12 aromatic rings. The summed E-state index contributed by atoms with van der Waals surface area (Å²) in [6.07, 6.45) is 26.1. The first-order valence-corrected chi connectivity index (χ1v) is 67.4. The Morgan fingerprint density at radius 1 is 0.300 bits per heavy atom. The van der Waals surface area contributed by atoms with Crippen molar-refractivity contribution >= 4 is 56.2 Å². The molecule has 0 atom stereocenters. The Morgan fingerprint density at radius 3 is 0.747 bits per heavy atom. The number of aliphatic carboxylic acids is 2. The quantitative estimate of drug-likeness (QED) is 0.0205. The number of carboxylic acids is 2. The average molecular weight is 2130 g/mol. The van der Waals surface area contributed by atoms with Crippen molar-refractivity contribution in [2.45, 2.75) is 309 Å². The largest absolute Gasteiger partial charge is 1.00 e. The first-order chi connectivity index (χ1) is 69.8. The van der Waals surface area contributed by atoms with Crippen LogP contribution in [0, 0.1) is 51.4 Å². The van der Waals surface area contributed by atoms with Crippen molar-refractivity contribution in [2.24, 2.45) is 23.7 Å². The Labute approximate surface area is 935 Å². The number of aryl methyl sites for hydroxylation is 4. The Kier molecular flexibility index (Phi) is 49.0. The molecule has 4 saturated carbocycles. The second-order valence-electron chi connectivity index (χ2n) is 45.2. The molecular weight excluding hydrogens is 1980 g/mol. The maximum atomic E-state index is 11.6. The van der Waals surface area contributed by atoms with Gasteiger partial charge in [-0.1, -0.05) is 176 Å². The fraction of sp³-hybridized carbons (Fsp3) is 0.509. The van der Waals surface area contributed by atoms with E-state index in [0.29, 0.717) is 112 Å². The second-order valence-corrected chi connectivity index (χ2v) is 67.6. The molecule has 36 heteroatoms. The second kappa shape index (κ2) is 59.3. The van der Waals surface area contributed by atoms with E-state index in [4.69, 9.17) is 53.6 Å². The van der Waals surface area contributed by atoms with E-state index in [1.807, 2.05) is 109 Å². The van der Waals surface area contributed by atoms with Crippen LogP contribution in [0.4, 0.5) is 0 Å². The van der Waals surface area contributed by atoms with Gasteiger partial charge in [-0.3, -0.25) is 39.1 Å². The third-order valence-corrected chi connectivity index (χ3v) is 35.4. The van der Waals surface area contributed by atoms with Crippen LogP contribution in [0.1, 0.15) is 198 Å². The van der Waals surface area contributed by atoms with Crippen LogP contribution in [-0.4, -0.2) is 197 Å². The molecule has 0 saturated heterocycles. The molecule has 150 heavy (non-hydrogen) atoms. The van der Waals surface area contributed by atoms with E-state index in [1.54, 1.807) is 4.68 Å². The molecule has 0 spiro atoms. The molecule has 4 aliphatic rings. The summed E-state index contributed by atoms with van der Waals surface area (Å²) in [4.78, 5) is 82.3. The van der Waals surface area contributed by atoms with Crippen LogP contribution in [-0.2, 0) is 74.5 Å². The third-order valence-electron chi connectivity index (χ3n) is 28.6. The van der Waals surface area contributed by atoms with Crippen LogP contribution in [0.25, 0.3) is 90.6 Å². The monoisotopic (exact) mass is 2130 g/mol. The Balaban J connectivity index is 0.000000220. The van der Waals surface area contributed by atoms with E-state index in [0.717, 1.165) is 256 Å². The van der Waals surface area contributed by atoms with E-state index in [1.165, 1.54) is 36.5 Å². The molecule has 4 fully saturated rings. The number of ether oxygens (including phenoxy) is 6. The van der Waals surface area contributed by atoms with Crippen molar-refractivity contribution < 1.29 is 128 Å². The van der Waals surface area contributed by atoms with E-state index < -0.39 is 44.2 Å². The van der Waals surface area contributed by atoms with Crippen LogP contribution in [0.2, 0.25) is 103 Å². The van der Waals surface area contributed by atoms with Crippen molar-refractivity contribution in [3.63, 3.8) is 0 Å². The van der Waals surface area contributed by atoms with Crippen molar-refractivity contribution in [2.75, 3.05) is 40.6 Å². The minimum atomic E-state index is -1.13. The molecule has 796 valence electrons. The number of pyridine rings is 4. The van der Waals surface area contributed by atoms with Crippen molar-refractivity contribution in [1.29, 1.82) is 0 Å². The maximum absolute atomic E-state index is 11.6. The predicted molar refractivity (Wildman–Crippen MR) is 591 cm³/mol. The molecule has 4 aliphatic carbocycles. The van der Waals surface area contributed by atoms with Gasteiger partial charge in [-0.05, 0) is 273 Å². The minimum Gasteiger partial charge on any atom is -0.870 e. The first-order valence-electron chi connectivity index (χ1n) is 52.6. The topological polar surface area (TPSA) is 399 Å². The molecule has 16 rings (SSSR count). The molecule has 0 unspecified atom stereocenters. The fourth-order valence-electron chi connectivity index (χ4n) is 19.4. The molecule has 8 aromatic heterocycles. The number of hydrogen-bond donors (Lipinski definition) is 2. The number of carbonyl (C=O) groups excluding carboxylic acids is 2. The summed E-state index contributed by atoms with van der Waals surface area (Å²) in [5, 5.41) is 36.3. The van der Waals surface area contributed by atoms with Crippen LogP contribution in [0.3, 0.4) is 0 Å². The van der Waals surface area contributed by atoms with Crippen LogP contribution in [0.15, 0.2) is 170 Å². The van der Waals surface area contributed by atoms with E-state index in [9.17, 15) is 19.2 Å². The van der Waals surface area contributed by atoms with Crippen LogP contribution < -0.4 is 59.1 Å². The number of hydrogen-bond acceptors (Lipinski definition) is 24. The summed E-state index contributed by atoms with van der Waals surface area (Å²) >= 11 is 0. The number of aromatic nitrogens is 16. The summed E-state index contributed by atoms with van der Waals surface area (Å²) in [7, 11) is -1.53. The number of carboxylic acid groups (broad SMARTS) is 2. The van der Waals surface area contributed by atoms with Gasteiger partial charge in [-0.25, -0.2) is 38.7 Å². The number of esters is 2. The number of nitrogens with zero attached hydrogens (tertiary/aromatic N) is 16. The molecule has 0 radical (unpaired) electrons. The summed E-state index contributed by atoms with van der Waals surface area (Å²) in [5.74, 6) is 8.16. The normalized spacial score (nSPS) is 17.7. The Morgan fingerprint density at radius 2 is 0.527 bits per heavy atom. The van der Waals surface area contributed by atoms with Crippen molar-refractivity contribution in [3.8, 4) is 90.6 Å². The third kappa shape index (κ3) is 39.2. The average Bonchev–Trinajstić information content (AvgIpc) is 1.66. The molecule has 0 aliphatic heterocycles. The minimum absolute atomic E-state index is 0. The van der Waals surface area contributed by atoms with Gasteiger partial charge in [-0.15, -0.1) is 10.2 Å². The zero-order valence-corrected chi connectivity index (χ0v) is 100. The summed E-state index contributed by atoms with van der Waals surface area (Å²) in [6.45, 7) is 40.5. The van der Waals surface area contributed by atoms with Gasteiger partial charge >= 0.3 is 83.0 Å². The number of carbonyl (C=O) groups is 4. The van der Waals surface area contributed by atoms with Crippen LogP contribution >= 0.6 is 0 Å². The summed E-state index contributed by atoms with van der Waals surface area (Å²) in [5.41, 5.74) is 17.1. The van der Waals surface area contributed by atoms with Gasteiger partial charge in [0.15, 0.2) is 23.3 Å². The number of benzene rings is 4. The van der Waals surface area contributed by atoms with E-state index >= 15 is 0 Å². The van der Waals surface area contributed by atoms with Gasteiger partial charge in [0.25, 0.3) is 0 Å². The smallest absolute Gasteiger partial charge is 0.870 e. The van der Waals surface area contributed by atoms with Gasteiger partial charge in [-0.2, -0.15) is 10.2 Å². The maximum Gasteiger partial charge on any atom is 1.00 e. The van der Waals surface area contributed by atoms with Crippen LogP contribution in [0.5, 0.6) is 0 Å². The zero-order valence-electron chi connectivity index (χ0n) is 92.4. The molecule has 4 aromatic carbocycles. The summed E-state index contributed by atoms with van der Waals surface area (Å²) in [6, 6.07) is 55.7. The molecule has 0 bridgehead atoms. The molecule has 4 N–H and O–H groups in total. The standard InChI is InChI=1S/2C29H40N4O3Si.2C28H38N4O3Si.2Na.2H2O/c1-21-31-29(32-33(21)20-36-16-17-37(3,4)5)26-14-15-27(30-19-26)25-12-10-24(11-13-25)23-8-6-22(7-9-23)18-28(34)35-2;1-21-31-29(33(32-21)20-36-16-17-37(3,4)5)26-14-15-27(30-19-26)25-12-10-24(11-13-25)23-8-6-22(7-9-23)18-28(34)35-2;1-20-30-28(31-32(20)19-35-15-16-36(2,3)4)25-13-14-26(29-18-25)24-11-9-23(10-12-24)22-7-5-21(6-8-22)17-27(33)34;1-20-30-28(32(31-20)19-35-15-16-36(2,3)4)25-13-14-26(29-18-25)24-11-9-23(10-12-24)22-7-5-21(6-8-22)17-27(33)34;;;;/h2*10-15,19,22-23H,6-9,16-18,20H2,1-5H3;2*9-14,18,21-22H,5-8,15-17,19H2,1-4H3,(H,33,34);;;2*1H2/q;;;;2*+1;;/p-2. The predicted octanol–water partition coefficient (Wildman–Crippen LogP) is 19.3. The molecule has 30 nitrogen and oxygen atoms in total. The molecular formula is C114H158N16Na2O14Si4. The molecule has 8 heterocycles. The van der Waals surface area contributed by atoms with E-state index in [-0.39, 0.29) is 82.0 Å². The van der Waals surface area contributed by atoms with Gasteiger partial charge in [0.2, 0.25) is 0 Å². The molecule has 0 amide bonds. The summed E-state index contributed by atoms with van der Waals surface area (Å²) < 4.78 is 40.4. The van der Waals surface area contributed by atoms with Gasteiger partial charge in [0.1, 0.15) is 50.2 Å². The van der Waals surface area contributed by atoms with Gasteiger partial charge in [0, 0.05) is 154 Å².